The van der Waals surface area contributed by atoms with Gasteiger partial charge >= 0.3 is 0 Å². The van der Waals surface area contributed by atoms with Gasteiger partial charge in [0.25, 0.3) is 0 Å². The van der Waals surface area contributed by atoms with Crippen LogP contribution in [-0.4, -0.2) is 25.5 Å². The van der Waals surface area contributed by atoms with Gasteiger partial charge in [-0.1, -0.05) is 13.8 Å². The zero-order valence-corrected chi connectivity index (χ0v) is 13.7. The Morgan fingerprint density at radius 1 is 1.24 bits per heavy atom. The number of benzene rings is 1. The summed E-state index contributed by atoms with van der Waals surface area (Å²) >= 11 is 0. The maximum Gasteiger partial charge on any atom is 0.166 e. The van der Waals surface area contributed by atoms with Gasteiger partial charge in [-0.15, -0.1) is 12.4 Å². The molecule has 1 N–H and O–H groups in total. The average molecular weight is 312 g/mol. The molecule has 0 unspecified atom stereocenters. The second-order valence-corrected chi connectivity index (χ2v) is 5.94. The number of carbonyl (C=O) groups excluding carboxylic acids is 1. The van der Waals surface area contributed by atoms with E-state index in [0.717, 1.165) is 50.3 Å². The van der Waals surface area contributed by atoms with Crippen molar-refractivity contribution in [2.45, 2.75) is 33.1 Å². The van der Waals surface area contributed by atoms with Crippen molar-refractivity contribution in [2.75, 3.05) is 19.7 Å². The summed E-state index contributed by atoms with van der Waals surface area (Å²) in [6, 6.07) is 7.62. The standard InChI is InChI=1S/C17H25NO2.ClH/c1-13(2)9-12-20-16-5-3-14(4-6-16)17(19)15-7-10-18-11-8-15;/h3-6,13,15,18H,7-12H2,1-2H3;1H. The minimum atomic E-state index is 0. The van der Waals surface area contributed by atoms with E-state index in [1.54, 1.807) is 0 Å². The number of hydrogen-bond acceptors (Lipinski definition) is 3. The van der Waals surface area contributed by atoms with Gasteiger partial charge in [-0.3, -0.25) is 4.79 Å². The predicted molar refractivity (Wildman–Crippen MR) is 88.6 cm³/mol. The van der Waals surface area contributed by atoms with Crippen LogP contribution in [0.1, 0.15) is 43.5 Å². The first-order chi connectivity index (χ1) is 9.66. The molecule has 2 rings (SSSR count). The second kappa shape index (κ2) is 9.06. The number of hydrogen-bond donors (Lipinski definition) is 1. The molecule has 1 aromatic carbocycles. The Labute approximate surface area is 133 Å². The molecule has 118 valence electrons. The summed E-state index contributed by atoms with van der Waals surface area (Å²) in [7, 11) is 0. The molecule has 1 heterocycles. The van der Waals surface area contributed by atoms with E-state index in [0.29, 0.717) is 5.92 Å². The maximum atomic E-state index is 12.3. The van der Waals surface area contributed by atoms with Crippen molar-refractivity contribution in [1.29, 1.82) is 0 Å². The van der Waals surface area contributed by atoms with Crippen molar-refractivity contribution in [3.63, 3.8) is 0 Å². The molecule has 1 aromatic rings. The molecule has 0 aromatic heterocycles. The van der Waals surface area contributed by atoms with E-state index in [9.17, 15) is 4.79 Å². The maximum absolute atomic E-state index is 12.3. The third-order valence-corrected chi connectivity index (χ3v) is 3.81. The minimum absolute atomic E-state index is 0. The Hall–Kier alpha value is -1.06. The van der Waals surface area contributed by atoms with Gasteiger partial charge in [0.2, 0.25) is 0 Å². The third kappa shape index (κ3) is 5.68. The number of halogens is 1. The highest BCUT2D eigenvalue weighted by Gasteiger charge is 2.21. The predicted octanol–water partition coefficient (Wildman–Crippen LogP) is 3.72. The SMILES string of the molecule is CC(C)CCOc1ccc(C(=O)C2CCNCC2)cc1.Cl. The summed E-state index contributed by atoms with van der Waals surface area (Å²) in [5.41, 5.74) is 0.813. The molecule has 4 heteroatoms. The fourth-order valence-electron chi connectivity index (χ4n) is 2.45. The number of carbonyl (C=O) groups is 1. The summed E-state index contributed by atoms with van der Waals surface area (Å²) in [4.78, 5) is 12.3. The van der Waals surface area contributed by atoms with E-state index >= 15 is 0 Å². The molecule has 0 saturated carbocycles. The van der Waals surface area contributed by atoms with Gasteiger partial charge in [-0.05, 0) is 62.5 Å². The Kier molecular flexibility index (Phi) is 7.76. The van der Waals surface area contributed by atoms with Crippen molar-refractivity contribution < 1.29 is 9.53 Å². The molecule has 0 bridgehead atoms. The van der Waals surface area contributed by atoms with Crippen LogP contribution in [0.15, 0.2) is 24.3 Å². The van der Waals surface area contributed by atoms with Crippen LogP contribution in [0.4, 0.5) is 0 Å². The van der Waals surface area contributed by atoms with Crippen LogP contribution in [0.3, 0.4) is 0 Å². The van der Waals surface area contributed by atoms with Crippen LogP contribution in [0.25, 0.3) is 0 Å². The summed E-state index contributed by atoms with van der Waals surface area (Å²) in [6.45, 7) is 7.01. The van der Waals surface area contributed by atoms with E-state index < -0.39 is 0 Å². The highest BCUT2D eigenvalue weighted by atomic mass is 35.5. The highest BCUT2D eigenvalue weighted by Crippen LogP contribution is 2.20. The first-order valence-electron chi connectivity index (χ1n) is 7.64. The second-order valence-electron chi connectivity index (χ2n) is 5.94. The molecule has 1 fully saturated rings. The minimum Gasteiger partial charge on any atom is -0.494 e. The third-order valence-electron chi connectivity index (χ3n) is 3.81. The van der Waals surface area contributed by atoms with Gasteiger partial charge < -0.3 is 10.1 Å². The molecule has 1 aliphatic heterocycles. The quantitative estimate of drug-likeness (QED) is 0.814. The van der Waals surface area contributed by atoms with Crippen molar-refractivity contribution in [2.24, 2.45) is 11.8 Å². The van der Waals surface area contributed by atoms with E-state index in [-0.39, 0.29) is 24.1 Å². The monoisotopic (exact) mass is 311 g/mol. The molecule has 3 nitrogen and oxygen atoms in total. The van der Waals surface area contributed by atoms with E-state index in [1.807, 2.05) is 24.3 Å². The molecular formula is C17H26ClNO2. The van der Waals surface area contributed by atoms with Crippen LogP contribution in [0.2, 0.25) is 0 Å². The Balaban J connectivity index is 0.00000220. The first kappa shape index (κ1) is 18.0. The van der Waals surface area contributed by atoms with Gasteiger partial charge in [0.05, 0.1) is 6.61 Å². The molecule has 0 atom stereocenters. The summed E-state index contributed by atoms with van der Waals surface area (Å²) in [5, 5.41) is 3.29. The van der Waals surface area contributed by atoms with Crippen LogP contribution >= 0.6 is 12.4 Å². The van der Waals surface area contributed by atoms with Crippen LogP contribution in [0.5, 0.6) is 5.75 Å². The van der Waals surface area contributed by atoms with E-state index in [1.165, 1.54) is 0 Å². The molecule has 0 aliphatic carbocycles. The average Bonchev–Trinajstić information content (AvgIpc) is 2.48. The van der Waals surface area contributed by atoms with Crippen LogP contribution in [-0.2, 0) is 0 Å². The molecule has 1 saturated heterocycles. The fourth-order valence-corrected chi connectivity index (χ4v) is 2.45. The number of ketones is 1. The topological polar surface area (TPSA) is 38.3 Å². The smallest absolute Gasteiger partial charge is 0.166 e. The first-order valence-corrected chi connectivity index (χ1v) is 7.64. The van der Waals surface area contributed by atoms with Crippen molar-refractivity contribution in [1.82, 2.24) is 5.32 Å². The van der Waals surface area contributed by atoms with Gasteiger partial charge in [0, 0.05) is 11.5 Å². The van der Waals surface area contributed by atoms with Gasteiger partial charge in [-0.25, -0.2) is 0 Å². The molecule has 0 spiro atoms. The Bertz CT molecular complexity index is 425. The summed E-state index contributed by atoms with van der Waals surface area (Å²) in [5.74, 6) is 1.97. The lowest BCUT2D eigenvalue weighted by atomic mass is 9.90. The van der Waals surface area contributed by atoms with Crippen molar-refractivity contribution >= 4 is 18.2 Å². The van der Waals surface area contributed by atoms with Crippen molar-refractivity contribution in [3.05, 3.63) is 29.8 Å². The largest absolute Gasteiger partial charge is 0.494 e. The van der Waals surface area contributed by atoms with Crippen molar-refractivity contribution in [3.8, 4) is 5.75 Å². The zero-order valence-electron chi connectivity index (χ0n) is 12.9. The number of nitrogens with one attached hydrogen (secondary N) is 1. The number of Topliss-reactive ketones (excluding diaryl/α,β-unsaturated/α-hetero) is 1. The Morgan fingerprint density at radius 2 is 1.86 bits per heavy atom. The number of ether oxygens (including phenoxy) is 1. The molecule has 21 heavy (non-hydrogen) atoms. The fraction of sp³-hybridized carbons (Fsp3) is 0.588. The lowest BCUT2D eigenvalue weighted by molar-refractivity contribution is 0.0895. The molecular weight excluding hydrogens is 286 g/mol. The summed E-state index contributed by atoms with van der Waals surface area (Å²) < 4.78 is 5.68. The van der Waals surface area contributed by atoms with Gasteiger partial charge in [-0.2, -0.15) is 0 Å². The molecule has 1 aliphatic rings. The lowest BCUT2D eigenvalue weighted by Crippen LogP contribution is -2.31. The highest BCUT2D eigenvalue weighted by molar-refractivity contribution is 5.98. The van der Waals surface area contributed by atoms with Crippen LogP contribution in [0, 0.1) is 11.8 Å². The molecule has 0 radical (unpaired) electrons. The summed E-state index contributed by atoms with van der Waals surface area (Å²) in [6.07, 6.45) is 2.95. The Morgan fingerprint density at radius 3 is 2.43 bits per heavy atom. The van der Waals surface area contributed by atoms with E-state index in [2.05, 4.69) is 19.2 Å². The normalized spacial score (nSPS) is 15.6. The number of piperidine rings is 1. The number of rotatable bonds is 6. The van der Waals surface area contributed by atoms with Crippen LogP contribution < -0.4 is 10.1 Å². The van der Waals surface area contributed by atoms with Gasteiger partial charge in [0.1, 0.15) is 5.75 Å². The van der Waals surface area contributed by atoms with E-state index in [4.69, 9.17) is 4.74 Å². The zero-order chi connectivity index (χ0) is 14.4. The molecule has 0 amide bonds. The van der Waals surface area contributed by atoms with Gasteiger partial charge in [0.15, 0.2) is 5.78 Å². The lowest BCUT2D eigenvalue weighted by Gasteiger charge is -2.21.